The van der Waals surface area contributed by atoms with Crippen LogP contribution >= 0.6 is 15.9 Å². The van der Waals surface area contributed by atoms with E-state index in [4.69, 9.17) is 4.74 Å². The summed E-state index contributed by atoms with van der Waals surface area (Å²) in [6.07, 6.45) is -8.94. The van der Waals surface area contributed by atoms with Gasteiger partial charge in [-0.25, -0.2) is 9.07 Å². The summed E-state index contributed by atoms with van der Waals surface area (Å²) in [5.74, 6) is -3.12. The summed E-state index contributed by atoms with van der Waals surface area (Å²) >= 11 is 2.85. The first-order valence-electron chi connectivity index (χ1n) is 6.37. The van der Waals surface area contributed by atoms with Crippen molar-refractivity contribution in [1.82, 2.24) is 9.78 Å². The molecule has 6 nitrogen and oxygen atoms in total. The third-order valence-corrected chi connectivity index (χ3v) is 3.66. The molecule has 3 rings (SSSR count). The highest BCUT2D eigenvalue weighted by Gasteiger charge is 2.66. The van der Waals surface area contributed by atoms with E-state index in [1.807, 2.05) is 0 Å². The molecule has 0 fully saturated rings. The number of ether oxygens (including phenoxy) is 3. The van der Waals surface area contributed by atoms with Crippen LogP contribution < -0.4 is 19.6 Å². The molecule has 0 unspecified atom stereocenters. The van der Waals surface area contributed by atoms with Crippen LogP contribution in [0.25, 0.3) is 5.69 Å². The van der Waals surface area contributed by atoms with Crippen molar-refractivity contribution in [2.75, 3.05) is 7.11 Å². The lowest BCUT2D eigenvalue weighted by Gasteiger charge is -2.32. The first-order chi connectivity index (χ1) is 11.6. The van der Waals surface area contributed by atoms with Gasteiger partial charge >= 0.3 is 12.2 Å². The van der Waals surface area contributed by atoms with Crippen molar-refractivity contribution in [2.45, 2.75) is 12.2 Å². The Morgan fingerprint density at radius 3 is 2.28 bits per heavy atom. The molecule has 0 bridgehead atoms. The van der Waals surface area contributed by atoms with Crippen molar-refractivity contribution in [3.63, 3.8) is 0 Å². The van der Waals surface area contributed by atoms with E-state index in [0.29, 0.717) is 12.1 Å². The van der Waals surface area contributed by atoms with Crippen molar-refractivity contribution >= 4 is 15.9 Å². The Labute approximate surface area is 143 Å². The van der Waals surface area contributed by atoms with Crippen molar-refractivity contribution in [3.8, 4) is 22.9 Å². The lowest BCUT2D eigenvalue weighted by molar-refractivity contribution is -0.391. The molecule has 0 saturated heterocycles. The molecular formula is C13H6BrF5N2O4. The predicted octanol–water partition coefficient (Wildman–Crippen LogP) is 3.10. The summed E-state index contributed by atoms with van der Waals surface area (Å²) in [6, 6.07) is 1.12. The Balaban J connectivity index is 2.15. The number of benzene rings is 1. The fourth-order valence-corrected chi connectivity index (χ4v) is 2.33. The van der Waals surface area contributed by atoms with Crippen LogP contribution in [0.15, 0.2) is 27.7 Å². The maximum Gasteiger partial charge on any atom is 0.507 e. The molecule has 0 saturated carbocycles. The third-order valence-electron chi connectivity index (χ3n) is 3.14. The van der Waals surface area contributed by atoms with E-state index in [1.165, 1.54) is 7.11 Å². The Kier molecular flexibility index (Phi) is 3.89. The zero-order valence-electron chi connectivity index (χ0n) is 12.0. The highest BCUT2D eigenvalue weighted by molar-refractivity contribution is 9.10. The van der Waals surface area contributed by atoms with E-state index in [0.717, 1.165) is 10.9 Å². The summed E-state index contributed by atoms with van der Waals surface area (Å²) in [7, 11) is 1.18. The van der Waals surface area contributed by atoms with Gasteiger partial charge in [-0.15, -0.1) is 0 Å². The van der Waals surface area contributed by atoms with E-state index < -0.39 is 40.6 Å². The first-order valence-corrected chi connectivity index (χ1v) is 7.16. The molecule has 12 heteroatoms. The minimum Gasteiger partial charge on any atom is -0.491 e. The number of rotatable bonds is 2. The summed E-state index contributed by atoms with van der Waals surface area (Å²) in [6.45, 7) is 0. The van der Waals surface area contributed by atoms with Crippen LogP contribution in [-0.4, -0.2) is 29.1 Å². The van der Waals surface area contributed by atoms with Gasteiger partial charge in [-0.1, -0.05) is 0 Å². The minimum atomic E-state index is -4.96. The number of halogens is 6. The standard InChI is InChI=1S/C13H6BrF5N2O4/c1-23-9-4-21(20-11(14)10(9)22)6-3-8-7(2-5(6)15)24-12(16,17)13(18,19)25-8/h2-4H,1H3. The smallest absolute Gasteiger partial charge is 0.491 e. The van der Waals surface area contributed by atoms with Gasteiger partial charge < -0.3 is 14.2 Å². The first kappa shape index (κ1) is 17.5. The van der Waals surface area contributed by atoms with E-state index in [1.54, 1.807) is 0 Å². The molecule has 2 aromatic rings. The van der Waals surface area contributed by atoms with Crippen molar-refractivity contribution in [3.05, 3.63) is 39.0 Å². The second-order valence-corrected chi connectivity index (χ2v) is 5.50. The van der Waals surface area contributed by atoms with Gasteiger partial charge in [-0.3, -0.25) is 4.79 Å². The maximum atomic E-state index is 14.2. The normalized spacial score (nSPS) is 17.2. The predicted molar refractivity (Wildman–Crippen MR) is 75.2 cm³/mol. The molecule has 0 aliphatic carbocycles. The van der Waals surface area contributed by atoms with Crippen LogP contribution in [-0.2, 0) is 0 Å². The van der Waals surface area contributed by atoms with Gasteiger partial charge in [0.15, 0.2) is 27.7 Å². The Bertz CT molecular complexity index is 918. The number of aromatic nitrogens is 2. The fraction of sp³-hybridized carbons (Fsp3) is 0.231. The molecular weight excluding hydrogens is 423 g/mol. The molecule has 0 radical (unpaired) electrons. The zero-order valence-corrected chi connectivity index (χ0v) is 13.6. The topological polar surface area (TPSA) is 62.6 Å². The van der Waals surface area contributed by atoms with E-state index in [9.17, 15) is 26.7 Å². The van der Waals surface area contributed by atoms with Gasteiger partial charge in [0.1, 0.15) is 5.69 Å². The summed E-state index contributed by atoms with van der Waals surface area (Å²) in [5.41, 5.74) is -1.11. The second kappa shape index (κ2) is 5.58. The molecule has 0 N–H and O–H groups in total. The van der Waals surface area contributed by atoms with Crippen LogP contribution in [0, 0.1) is 5.82 Å². The number of alkyl halides is 4. The molecule has 0 atom stereocenters. The number of methoxy groups -OCH3 is 1. The quantitative estimate of drug-likeness (QED) is 0.687. The maximum absolute atomic E-state index is 14.2. The minimum absolute atomic E-state index is 0.229. The molecule has 1 aromatic carbocycles. The highest BCUT2D eigenvalue weighted by atomic mass is 79.9. The van der Waals surface area contributed by atoms with Gasteiger partial charge in [0.05, 0.1) is 13.3 Å². The average Bonchev–Trinajstić information content (AvgIpc) is 2.50. The van der Waals surface area contributed by atoms with Crippen LogP contribution in [0.1, 0.15) is 0 Å². The lowest BCUT2D eigenvalue weighted by Crippen LogP contribution is -2.52. The second-order valence-electron chi connectivity index (χ2n) is 4.75. The monoisotopic (exact) mass is 428 g/mol. The van der Waals surface area contributed by atoms with Gasteiger partial charge in [0.25, 0.3) is 5.43 Å². The Morgan fingerprint density at radius 2 is 1.72 bits per heavy atom. The molecule has 25 heavy (non-hydrogen) atoms. The van der Waals surface area contributed by atoms with E-state index in [-0.39, 0.29) is 10.4 Å². The molecule has 1 aromatic heterocycles. The average molecular weight is 429 g/mol. The molecule has 0 spiro atoms. The number of hydrogen-bond donors (Lipinski definition) is 0. The van der Waals surface area contributed by atoms with Crippen LogP contribution in [0.4, 0.5) is 22.0 Å². The van der Waals surface area contributed by atoms with Gasteiger partial charge in [0, 0.05) is 12.1 Å². The van der Waals surface area contributed by atoms with Gasteiger partial charge in [-0.05, 0) is 15.9 Å². The molecule has 1 aliphatic heterocycles. The summed E-state index contributed by atoms with van der Waals surface area (Å²) < 4.78 is 80.1. The number of fused-ring (bicyclic) bond motifs is 1. The highest BCUT2D eigenvalue weighted by Crippen LogP contribution is 2.47. The SMILES string of the molecule is COc1cn(-c2cc3c(cc2F)OC(F)(F)C(F)(F)O3)nc(Br)c1=O. The summed E-state index contributed by atoms with van der Waals surface area (Å²) in [5, 5.41) is 3.70. The van der Waals surface area contributed by atoms with Crippen molar-refractivity contribution in [2.24, 2.45) is 0 Å². The number of hydrogen-bond acceptors (Lipinski definition) is 5. The Morgan fingerprint density at radius 1 is 1.16 bits per heavy atom. The molecule has 2 heterocycles. The third kappa shape index (κ3) is 2.79. The van der Waals surface area contributed by atoms with E-state index in [2.05, 4.69) is 30.5 Å². The Hall–Kier alpha value is -2.37. The molecule has 0 amide bonds. The van der Waals surface area contributed by atoms with Crippen LogP contribution in [0.3, 0.4) is 0 Å². The van der Waals surface area contributed by atoms with Crippen LogP contribution in [0.2, 0.25) is 0 Å². The fourth-order valence-electron chi connectivity index (χ4n) is 1.96. The van der Waals surface area contributed by atoms with Gasteiger partial charge in [-0.2, -0.15) is 22.7 Å². The lowest BCUT2D eigenvalue weighted by atomic mass is 10.2. The van der Waals surface area contributed by atoms with Crippen molar-refractivity contribution < 1.29 is 36.2 Å². The number of nitrogens with zero attached hydrogens (tertiary/aromatic N) is 2. The van der Waals surface area contributed by atoms with Crippen molar-refractivity contribution in [1.29, 1.82) is 0 Å². The largest absolute Gasteiger partial charge is 0.507 e. The van der Waals surface area contributed by atoms with E-state index >= 15 is 0 Å². The van der Waals surface area contributed by atoms with Crippen LogP contribution in [0.5, 0.6) is 17.2 Å². The molecule has 1 aliphatic rings. The molecule has 134 valence electrons. The summed E-state index contributed by atoms with van der Waals surface area (Å²) in [4.78, 5) is 11.7. The van der Waals surface area contributed by atoms with Gasteiger partial charge in [0.2, 0.25) is 0 Å². The zero-order chi connectivity index (χ0) is 18.6.